The topological polar surface area (TPSA) is 72.2 Å². The number of carbonyl (C=O) groups is 1. The van der Waals surface area contributed by atoms with Crippen LogP contribution >= 0.6 is 11.6 Å². The first-order chi connectivity index (χ1) is 10.8. The summed E-state index contributed by atoms with van der Waals surface area (Å²) in [4.78, 5) is 22.6. The van der Waals surface area contributed by atoms with E-state index in [1.807, 2.05) is 39.0 Å². The smallest absolute Gasteiger partial charge is 0.270 e. The van der Waals surface area contributed by atoms with Crippen LogP contribution in [-0.2, 0) is 0 Å². The summed E-state index contributed by atoms with van der Waals surface area (Å²) in [6, 6.07) is 9.52. The lowest BCUT2D eigenvalue weighted by atomic mass is 10.0. The van der Waals surface area contributed by atoms with Crippen molar-refractivity contribution in [1.29, 1.82) is 0 Å². The van der Waals surface area contributed by atoms with Crippen molar-refractivity contribution in [3.8, 4) is 0 Å². The Hall–Kier alpha value is -2.40. The maximum Gasteiger partial charge on any atom is 0.270 e. The number of nitro benzene ring substituents is 1. The van der Waals surface area contributed by atoms with Crippen LogP contribution in [-0.4, -0.2) is 10.8 Å². The van der Waals surface area contributed by atoms with E-state index < -0.39 is 10.8 Å². The SMILES string of the molecule is Cc1ccc([C@H](C)NC(=O)c2cc([N+](=O)[O-])ccc2Cl)cc1C. The van der Waals surface area contributed by atoms with Crippen LogP contribution in [0.2, 0.25) is 5.02 Å². The van der Waals surface area contributed by atoms with E-state index in [2.05, 4.69) is 5.32 Å². The van der Waals surface area contributed by atoms with Gasteiger partial charge in [0.15, 0.2) is 0 Å². The van der Waals surface area contributed by atoms with Crippen LogP contribution < -0.4 is 5.32 Å². The molecule has 23 heavy (non-hydrogen) atoms. The first-order valence-electron chi connectivity index (χ1n) is 7.11. The van der Waals surface area contributed by atoms with E-state index in [9.17, 15) is 14.9 Å². The summed E-state index contributed by atoms with van der Waals surface area (Å²) in [5.41, 5.74) is 3.20. The van der Waals surface area contributed by atoms with E-state index in [1.54, 1.807) is 0 Å². The number of nitrogens with one attached hydrogen (secondary N) is 1. The normalized spacial score (nSPS) is 11.8. The molecule has 0 aliphatic rings. The van der Waals surface area contributed by atoms with Gasteiger partial charge in [-0.2, -0.15) is 0 Å². The van der Waals surface area contributed by atoms with Gasteiger partial charge in [-0.1, -0.05) is 29.8 Å². The van der Waals surface area contributed by atoms with E-state index in [-0.39, 0.29) is 22.3 Å². The highest BCUT2D eigenvalue weighted by Crippen LogP contribution is 2.23. The summed E-state index contributed by atoms with van der Waals surface area (Å²) in [5, 5.41) is 13.8. The van der Waals surface area contributed by atoms with Crippen molar-refractivity contribution < 1.29 is 9.72 Å². The van der Waals surface area contributed by atoms with Crippen LogP contribution in [0.25, 0.3) is 0 Å². The second-order valence-electron chi connectivity index (χ2n) is 5.46. The van der Waals surface area contributed by atoms with Gasteiger partial charge in [-0.3, -0.25) is 14.9 Å². The van der Waals surface area contributed by atoms with E-state index in [0.717, 1.165) is 11.1 Å². The number of rotatable bonds is 4. The first kappa shape index (κ1) is 17.0. The summed E-state index contributed by atoms with van der Waals surface area (Å²) in [5.74, 6) is -0.440. The van der Waals surface area contributed by atoms with Gasteiger partial charge in [0.2, 0.25) is 0 Å². The zero-order chi connectivity index (χ0) is 17.1. The highest BCUT2D eigenvalue weighted by molar-refractivity contribution is 6.33. The number of carbonyl (C=O) groups excluding carboxylic acids is 1. The second kappa shape index (κ2) is 6.79. The molecule has 0 aliphatic carbocycles. The maximum absolute atomic E-state index is 12.4. The summed E-state index contributed by atoms with van der Waals surface area (Å²) >= 11 is 5.99. The number of halogens is 1. The monoisotopic (exact) mass is 332 g/mol. The van der Waals surface area contributed by atoms with Gasteiger partial charge >= 0.3 is 0 Å². The fraction of sp³-hybridized carbons (Fsp3) is 0.235. The average Bonchev–Trinajstić information content (AvgIpc) is 2.49. The Morgan fingerprint density at radius 1 is 1.17 bits per heavy atom. The molecule has 0 saturated heterocycles. The molecule has 0 spiro atoms. The van der Waals surface area contributed by atoms with Crippen molar-refractivity contribution >= 4 is 23.2 Å². The molecular weight excluding hydrogens is 316 g/mol. The Labute approximate surface area is 139 Å². The van der Waals surface area contributed by atoms with Crippen molar-refractivity contribution in [2.75, 3.05) is 0 Å². The largest absolute Gasteiger partial charge is 0.345 e. The predicted octanol–water partition coefficient (Wildman–Crippen LogP) is 4.36. The molecule has 0 radical (unpaired) electrons. The molecule has 1 N–H and O–H groups in total. The minimum Gasteiger partial charge on any atom is -0.345 e. The highest BCUT2D eigenvalue weighted by Gasteiger charge is 2.18. The predicted molar refractivity (Wildman–Crippen MR) is 89.9 cm³/mol. The number of aryl methyl sites for hydroxylation is 2. The second-order valence-corrected chi connectivity index (χ2v) is 5.87. The highest BCUT2D eigenvalue weighted by atomic mass is 35.5. The fourth-order valence-corrected chi connectivity index (χ4v) is 2.40. The quantitative estimate of drug-likeness (QED) is 0.668. The third kappa shape index (κ3) is 3.87. The number of non-ortho nitro benzene ring substituents is 1. The summed E-state index contributed by atoms with van der Waals surface area (Å²) in [6.45, 7) is 5.88. The van der Waals surface area contributed by atoms with E-state index in [4.69, 9.17) is 11.6 Å². The van der Waals surface area contributed by atoms with Crippen molar-refractivity contribution in [2.45, 2.75) is 26.8 Å². The molecule has 0 aliphatic heterocycles. The minimum atomic E-state index is -0.556. The third-order valence-electron chi connectivity index (χ3n) is 3.78. The molecule has 5 nitrogen and oxygen atoms in total. The molecule has 0 bridgehead atoms. The Morgan fingerprint density at radius 2 is 1.87 bits per heavy atom. The third-order valence-corrected chi connectivity index (χ3v) is 4.11. The molecule has 120 valence electrons. The Balaban J connectivity index is 2.22. The number of nitrogens with zero attached hydrogens (tertiary/aromatic N) is 1. The number of benzene rings is 2. The molecule has 2 aromatic carbocycles. The number of nitro groups is 1. The number of hydrogen-bond acceptors (Lipinski definition) is 3. The van der Waals surface area contributed by atoms with Crippen molar-refractivity contribution in [3.63, 3.8) is 0 Å². The molecule has 0 unspecified atom stereocenters. The van der Waals surface area contributed by atoms with Crippen LogP contribution in [0.1, 0.15) is 40.0 Å². The number of amides is 1. The van der Waals surface area contributed by atoms with Gasteiger partial charge in [-0.15, -0.1) is 0 Å². The Bertz CT molecular complexity index is 774. The van der Waals surface area contributed by atoms with E-state index in [0.29, 0.717) is 0 Å². The molecule has 6 heteroatoms. The molecule has 0 fully saturated rings. The van der Waals surface area contributed by atoms with Crippen LogP contribution in [0.4, 0.5) is 5.69 Å². The van der Waals surface area contributed by atoms with Crippen LogP contribution in [0.3, 0.4) is 0 Å². The minimum absolute atomic E-state index is 0.0940. The van der Waals surface area contributed by atoms with Crippen LogP contribution in [0, 0.1) is 24.0 Å². The lowest BCUT2D eigenvalue weighted by Crippen LogP contribution is -2.27. The van der Waals surface area contributed by atoms with Crippen LogP contribution in [0.5, 0.6) is 0 Å². The van der Waals surface area contributed by atoms with Gasteiger partial charge in [0.25, 0.3) is 11.6 Å². The molecule has 1 amide bonds. The molecular formula is C17H17ClN2O3. The van der Waals surface area contributed by atoms with Crippen LogP contribution in [0.15, 0.2) is 36.4 Å². The first-order valence-corrected chi connectivity index (χ1v) is 7.49. The summed E-state index contributed by atoms with van der Waals surface area (Å²) in [7, 11) is 0. The van der Waals surface area contributed by atoms with E-state index >= 15 is 0 Å². The fourth-order valence-electron chi connectivity index (χ4n) is 2.19. The Kier molecular flexibility index (Phi) is 5.01. The lowest BCUT2D eigenvalue weighted by molar-refractivity contribution is -0.384. The molecule has 2 rings (SSSR count). The Morgan fingerprint density at radius 3 is 2.48 bits per heavy atom. The molecule has 2 aromatic rings. The molecule has 0 heterocycles. The number of hydrogen-bond donors (Lipinski definition) is 1. The van der Waals surface area contributed by atoms with Gasteiger partial charge in [0.1, 0.15) is 0 Å². The lowest BCUT2D eigenvalue weighted by Gasteiger charge is -2.16. The standard InChI is InChI=1S/C17H17ClN2O3/c1-10-4-5-13(8-11(10)2)12(3)19-17(21)15-9-14(20(22)23)6-7-16(15)18/h4-9,12H,1-3H3,(H,19,21)/t12-/m0/s1. The molecule has 0 saturated carbocycles. The van der Waals surface area contributed by atoms with Crippen molar-refractivity contribution in [3.05, 3.63) is 73.8 Å². The average molecular weight is 333 g/mol. The summed E-state index contributed by atoms with van der Waals surface area (Å²) < 4.78 is 0. The van der Waals surface area contributed by atoms with Crippen molar-refractivity contribution in [1.82, 2.24) is 5.32 Å². The molecule has 0 aromatic heterocycles. The van der Waals surface area contributed by atoms with Gasteiger partial charge in [0, 0.05) is 12.1 Å². The van der Waals surface area contributed by atoms with Crippen molar-refractivity contribution in [2.24, 2.45) is 0 Å². The van der Waals surface area contributed by atoms with E-state index in [1.165, 1.54) is 23.8 Å². The zero-order valence-corrected chi connectivity index (χ0v) is 13.8. The molecule has 1 atom stereocenters. The van der Waals surface area contributed by atoms with Gasteiger partial charge in [-0.25, -0.2) is 0 Å². The maximum atomic E-state index is 12.4. The summed E-state index contributed by atoms with van der Waals surface area (Å²) in [6.07, 6.45) is 0. The van der Waals surface area contributed by atoms with Gasteiger partial charge in [-0.05, 0) is 43.5 Å². The zero-order valence-electron chi connectivity index (χ0n) is 13.1. The van der Waals surface area contributed by atoms with Gasteiger partial charge < -0.3 is 5.32 Å². The van der Waals surface area contributed by atoms with Gasteiger partial charge in [0.05, 0.1) is 21.6 Å².